The number of amides is 1. The number of hydrogen-bond acceptors (Lipinski definition) is 2. The number of aryl methyl sites for hydroxylation is 2. The standard InChI is InChI=1S/C20H27N3O/c1-14-18(13-22(5)21-14)19(24)23(12-15-9-10-15)17-8-6-7-16(11-17)20(2,3)4/h6-8,11,13,15H,9-10,12H2,1-5H3. The molecule has 0 radical (unpaired) electrons. The van der Waals surface area contributed by atoms with Crippen LogP contribution in [0.4, 0.5) is 5.69 Å². The zero-order valence-electron chi connectivity index (χ0n) is 15.3. The van der Waals surface area contributed by atoms with Crippen molar-refractivity contribution in [3.63, 3.8) is 0 Å². The molecule has 1 heterocycles. The highest BCUT2D eigenvalue weighted by Crippen LogP contribution is 2.33. The van der Waals surface area contributed by atoms with E-state index in [0.29, 0.717) is 11.5 Å². The number of hydrogen-bond donors (Lipinski definition) is 0. The summed E-state index contributed by atoms with van der Waals surface area (Å²) in [6.45, 7) is 9.29. The molecule has 1 aromatic heterocycles. The van der Waals surface area contributed by atoms with Gasteiger partial charge in [0.05, 0.1) is 11.3 Å². The van der Waals surface area contributed by atoms with E-state index in [1.807, 2.05) is 31.1 Å². The van der Waals surface area contributed by atoms with Gasteiger partial charge in [-0.05, 0) is 48.8 Å². The normalized spacial score (nSPS) is 14.7. The SMILES string of the molecule is Cc1nn(C)cc1C(=O)N(CC1CC1)c1cccc(C(C)(C)C)c1. The molecule has 4 nitrogen and oxygen atoms in total. The Kier molecular flexibility index (Phi) is 4.24. The Balaban J connectivity index is 1.97. The van der Waals surface area contributed by atoms with Gasteiger partial charge in [0.15, 0.2) is 0 Å². The third-order valence-electron chi connectivity index (χ3n) is 4.65. The Labute approximate surface area is 144 Å². The van der Waals surface area contributed by atoms with E-state index in [-0.39, 0.29) is 11.3 Å². The molecule has 1 fully saturated rings. The molecule has 0 atom stereocenters. The van der Waals surface area contributed by atoms with Crippen LogP contribution in [0.15, 0.2) is 30.5 Å². The first-order chi connectivity index (χ1) is 11.3. The van der Waals surface area contributed by atoms with E-state index in [9.17, 15) is 4.79 Å². The lowest BCUT2D eigenvalue weighted by molar-refractivity contribution is 0.0985. The summed E-state index contributed by atoms with van der Waals surface area (Å²) in [6.07, 6.45) is 4.26. The van der Waals surface area contributed by atoms with Gasteiger partial charge in [-0.25, -0.2) is 0 Å². The molecule has 0 unspecified atom stereocenters. The van der Waals surface area contributed by atoms with Crippen molar-refractivity contribution in [2.24, 2.45) is 13.0 Å². The molecular weight excluding hydrogens is 298 g/mol. The Bertz CT molecular complexity index is 750. The van der Waals surface area contributed by atoms with Crippen LogP contribution in [0.2, 0.25) is 0 Å². The molecular formula is C20H27N3O. The third-order valence-corrected chi connectivity index (χ3v) is 4.65. The average Bonchev–Trinajstić information content (AvgIpc) is 3.27. The van der Waals surface area contributed by atoms with Crippen LogP contribution in [-0.2, 0) is 12.5 Å². The molecule has 24 heavy (non-hydrogen) atoms. The zero-order valence-corrected chi connectivity index (χ0v) is 15.3. The van der Waals surface area contributed by atoms with Crippen LogP contribution in [0, 0.1) is 12.8 Å². The minimum Gasteiger partial charge on any atom is -0.308 e. The number of nitrogens with zero attached hydrogens (tertiary/aromatic N) is 3. The number of carbonyl (C=O) groups is 1. The summed E-state index contributed by atoms with van der Waals surface area (Å²) >= 11 is 0. The highest BCUT2D eigenvalue weighted by Gasteiger charge is 2.30. The van der Waals surface area contributed by atoms with Crippen molar-refractivity contribution in [1.82, 2.24) is 9.78 Å². The van der Waals surface area contributed by atoms with E-state index in [0.717, 1.165) is 17.9 Å². The minimum absolute atomic E-state index is 0.0542. The highest BCUT2D eigenvalue weighted by atomic mass is 16.2. The van der Waals surface area contributed by atoms with Crippen molar-refractivity contribution in [3.8, 4) is 0 Å². The molecule has 0 spiro atoms. The molecule has 0 bridgehead atoms. The van der Waals surface area contributed by atoms with Crippen molar-refractivity contribution in [3.05, 3.63) is 47.3 Å². The van der Waals surface area contributed by atoms with E-state index in [1.165, 1.54) is 18.4 Å². The van der Waals surface area contributed by atoms with Gasteiger partial charge in [-0.1, -0.05) is 32.9 Å². The molecule has 3 rings (SSSR count). The smallest absolute Gasteiger partial charge is 0.261 e. The molecule has 0 saturated heterocycles. The van der Waals surface area contributed by atoms with Gasteiger partial charge >= 0.3 is 0 Å². The Morgan fingerprint density at radius 3 is 2.58 bits per heavy atom. The van der Waals surface area contributed by atoms with Gasteiger partial charge in [-0.3, -0.25) is 9.48 Å². The summed E-state index contributed by atoms with van der Waals surface area (Å²) in [5.41, 5.74) is 3.78. The topological polar surface area (TPSA) is 38.1 Å². The first kappa shape index (κ1) is 16.7. The molecule has 0 N–H and O–H groups in total. The monoisotopic (exact) mass is 325 g/mol. The van der Waals surface area contributed by atoms with Crippen molar-refractivity contribution in [2.75, 3.05) is 11.4 Å². The molecule has 1 saturated carbocycles. The van der Waals surface area contributed by atoms with Crippen LogP contribution < -0.4 is 4.90 Å². The maximum absolute atomic E-state index is 13.2. The summed E-state index contributed by atoms with van der Waals surface area (Å²) in [4.78, 5) is 15.1. The number of carbonyl (C=O) groups excluding carboxylic acids is 1. The van der Waals surface area contributed by atoms with Crippen LogP contribution in [0.1, 0.15) is 55.2 Å². The van der Waals surface area contributed by atoms with Gasteiger partial charge in [0.25, 0.3) is 5.91 Å². The Hall–Kier alpha value is -2.10. The van der Waals surface area contributed by atoms with Gasteiger partial charge in [0.2, 0.25) is 0 Å². The predicted molar refractivity (Wildman–Crippen MR) is 97.5 cm³/mol. The predicted octanol–water partition coefficient (Wildman–Crippen LogP) is 4.08. The fourth-order valence-corrected chi connectivity index (χ4v) is 2.96. The van der Waals surface area contributed by atoms with Gasteiger partial charge in [0, 0.05) is 25.5 Å². The molecule has 4 heteroatoms. The number of rotatable bonds is 4. The second-order valence-corrected chi connectivity index (χ2v) is 7.96. The first-order valence-corrected chi connectivity index (χ1v) is 8.68. The summed E-state index contributed by atoms with van der Waals surface area (Å²) in [6, 6.07) is 8.39. The van der Waals surface area contributed by atoms with Gasteiger partial charge in [-0.15, -0.1) is 0 Å². The minimum atomic E-state index is 0.0542. The lowest BCUT2D eigenvalue weighted by Crippen LogP contribution is -2.33. The van der Waals surface area contributed by atoms with Crippen molar-refractivity contribution in [1.29, 1.82) is 0 Å². The highest BCUT2D eigenvalue weighted by molar-refractivity contribution is 6.06. The Morgan fingerprint density at radius 2 is 2.04 bits per heavy atom. The van der Waals surface area contributed by atoms with Crippen molar-refractivity contribution >= 4 is 11.6 Å². The Morgan fingerprint density at radius 1 is 1.33 bits per heavy atom. The fourth-order valence-electron chi connectivity index (χ4n) is 2.96. The van der Waals surface area contributed by atoms with E-state index in [1.54, 1.807) is 4.68 Å². The number of aromatic nitrogens is 2. The van der Waals surface area contributed by atoms with Gasteiger partial charge in [0.1, 0.15) is 0 Å². The molecule has 2 aromatic rings. The molecule has 1 aromatic carbocycles. The van der Waals surface area contributed by atoms with Crippen LogP contribution in [-0.4, -0.2) is 22.2 Å². The van der Waals surface area contributed by atoms with E-state index in [2.05, 4.69) is 44.1 Å². The van der Waals surface area contributed by atoms with Crippen LogP contribution in [0.5, 0.6) is 0 Å². The lowest BCUT2D eigenvalue weighted by atomic mass is 9.87. The lowest BCUT2D eigenvalue weighted by Gasteiger charge is -2.26. The second-order valence-electron chi connectivity index (χ2n) is 7.96. The van der Waals surface area contributed by atoms with Crippen molar-refractivity contribution in [2.45, 2.75) is 46.0 Å². The molecule has 1 aliphatic carbocycles. The van der Waals surface area contributed by atoms with Crippen LogP contribution >= 0.6 is 0 Å². The summed E-state index contributed by atoms with van der Waals surface area (Å²) in [7, 11) is 1.86. The van der Waals surface area contributed by atoms with Crippen LogP contribution in [0.25, 0.3) is 0 Å². The zero-order chi connectivity index (χ0) is 17.5. The summed E-state index contributed by atoms with van der Waals surface area (Å²) < 4.78 is 1.71. The summed E-state index contributed by atoms with van der Waals surface area (Å²) in [5.74, 6) is 0.683. The van der Waals surface area contributed by atoms with E-state index >= 15 is 0 Å². The van der Waals surface area contributed by atoms with Gasteiger partial charge < -0.3 is 4.90 Å². The second kappa shape index (κ2) is 6.08. The van der Waals surface area contributed by atoms with Crippen molar-refractivity contribution < 1.29 is 4.79 Å². The van der Waals surface area contributed by atoms with Crippen LogP contribution in [0.3, 0.4) is 0 Å². The summed E-state index contributed by atoms with van der Waals surface area (Å²) in [5, 5.41) is 4.33. The van der Waals surface area contributed by atoms with E-state index < -0.39 is 0 Å². The molecule has 128 valence electrons. The maximum Gasteiger partial charge on any atom is 0.261 e. The molecule has 1 aliphatic rings. The first-order valence-electron chi connectivity index (χ1n) is 8.68. The fraction of sp³-hybridized carbons (Fsp3) is 0.500. The largest absolute Gasteiger partial charge is 0.308 e. The van der Waals surface area contributed by atoms with E-state index in [4.69, 9.17) is 0 Å². The molecule has 0 aliphatic heterocycles. The number of benzene rings is 1. The average molecular weight is 325 g/mol. The number of anilines is 1. The molecule has 1 amide bonds. The third kappa shape index (κ3) is 3.53. The quantitative estimate of drug-likeness (QED) is 0.849. The maximum atomic E-state index is 13.2. The van der Waals surface area contributed by atoms with Gasteiger partial charge in [-0.2, -0.15) is 5.10 Å².